The molecule has 23 heavy (non-hydrogen) atoms. The van der Waals surface area contributed by atoms with Gasteiger partial charge in [-0.1, -0.05) is 0 Å². The minimum absolute atomic E-state index is 0.123. The largest absolute Gasteiger partial charge is 0.489 e. The van der Waals surface area contributed by atoms with Crippen LogP contribution in [0.3, 0.4) is 0 Å². The van der Waals surface area contributed by atoms with E-state index in [2.05, 4.69) is 14.9 Å². The Morgan fingerprint density at radius 2 is 2.17 bits per heavy atom. The first-order chi connectivity index (χ1) is 11.3. The maximum atomic E-state index is 12.5. The zero-order valence-corrected chi connectivity index (χ0v) is 12.7. The van der Waals surface area contributed by atoms with E-state index in [0.717, 1.165) is 29.9 Å². The molecule has 0 saturated carbocycles. The summed E-state index contributed by atoms with van der Waals surface area (Å²) in [4.78, 5) is 11.2. The van der Waals surface area contributed by atoms with Crippen molar-refractivity contribution < 1.29 is 13.9 Å². The van der Waals surface area contributed by atoms with Crippen LogP contribution < -0.4 is 15.4 Å². The van der Waals surface area contributed by atoms with Crippen molar-refractivity contribution in [2.75, 3.05) is 44.4 Å². The fourth-order valence-corrected chi connectivity index (χ4v) is 2.33. The van der Waals surface area contributed by atoms with Crippen molar-refractivity contribution in [3.05, 3.63) is 36.3 Å². The van der Waals surface area contributed by atoms with Crippen molar-refractivity contribution in [1.29, 1.82) is 0 Å². The molecule has 1 fully saturated rings. The van der Waals surface area contributed by atoms with Crippen LogP contribution in [-0.2, 0) is 4.74 Å². The number of benzene rings is 1. The Balaban J connectivity index is 1.75. The van der Waals surface area contributed by atoms with E-state index in [4.69, 9.17) is 15.2 Å². The van der Waals surface area contributed by atoms with E-state index in [-0.39, 0.29) is 13.2 Å². The van der Waals surface area contributed by atoms with Gasteiger partial charge in [-0.25, -0.2) is 9.37 Å². The molecule has 0 unspecified atom stereocenters. The minimum Gasteiger partial charge on any atom is -0.489 e. The molecule has 1 aliphatic rings. The number of morpholine rings is 1. The van der Waals surface area contributed by atoms with Gasteiger partial charge in [0.15, 0.2) is 0 Å². The highest BCUT2D eigenvalue weighted by Gasteiger charge is 2.13. The smallest absolute Gasteiger partial charge is 0.148 e. The number of anilines is 1. The second kappa shape index (κ2) is 7.34. The number of halogens is 1. The molecule has 1 aromatic heterocycles. The quantitative estimate of drug-likeness (QED) is 0.904. The minimum atomic E-state index is 0.123. The lowest BCUT2D eigenvalue weighted by molar-refractivity contribution is 0.122. The molecule has 2 aromatic rings. The van der Waals surface area contributed by atoms with Crippen LogP contribution in [0.2, 0.25) is 0 Å². The molecule has 6 nitrogen and oxygen atoms in total. The van der Waals surface area contributed by atoms with Gasteiger partial charge in [0.25, 0.3) is 0 Å². The molecule has 0 spiro atoms. The van der Waals surface area contributed by atoms with Crippen LogP contribution in [0.5, 0.6) is 5.75 Å². The Labute approximate surface area is 133 Å². The van der Waals surface area contributed by atoms with E-state index >= 15 is 0 Å². The third-order valence-electron chi connectivity index (χ3n) is 3.68. The molecule has 7 heteroatoms. The average Bonchev–Trinajstić information content (AvgIpc) is 2.63. The fraction of sp³-hybridized carbons (Fsp3) is 0.375. The number of hydrogen-bond acceptors (Lipinski definition) is 6. The third kappa shape index (κ3) is 3.75. The van der Waals surface area contributed by atoms with E-state index in [9.17, 15) is 4.39 Å². The highest BCUT2D eigenvalue weighted by molar-refractivity contribution is 5.77. The molecule has 2 N–H and O–H groups in total. The number of fused-ring (bicyclic) bond motifs is 1. The lowest BCUT2D eigenvalue weighted by atomic mass is 10.2. The summed E-state index contributed by atoms with van der Waals surface area (Å²) in [6.07, 6.45) is 2.24. The molecule has 0 amide bonds. The van der Waals surface area contributed by atoms with Crippen molar-refractivity contribution in [1.82, 2.24) is 9.97 Å². The van der Waals surface area contributed by atoms with Crippen molar-refractivity contribution in [2.24, 2.45) is 5.73 Å². The fourth-order valence-electron chi connectivity index (χ4n) is 2.33. The topological polar surface area (TPSA) is 73.5 Å². The number of aromatic nitrogens is 2. The highest BCUT2D eigenvalue weighted by Crippen LogP contribution is 2.21. The molecule has 0 radical (unpaired) electrons. The molecule has 122 valence electrons. The van der Waals surface area contributed by atoms with Crippen molar-refractivity contribution in [3.63, 3.8) is 0 Å². The van der Waals surface area contributed by atoms with Crippen molar-refractivity contribution >= 4 is 16.9 Å². The van der Waals surface area contributed by atoms with Gasteiger partial charge in [-0.3, -0.25) is 4.98 Å². The van der Waals surface area contributed by atoms with E-state index in [1.165, 1.54) is 0 Å². The van der Waals surface area contributed by atoms with Gasteiger partial charge in [0.2, 0.25) is 0 Å². The normalized spacial score (nSPS) is 15.9. The molecule has 3 rings (SSSR count). The summed E-state index contributed by atoms with van der Waals surface area (Å²) in [5, 5.41) is 0. The van der Waals surface area contributed by atoms with Crippen LogP contribution in [0.15, 0.2) is 36.3 Å². The summed E-state index contributed by atoms with van der Waals surface area (Å²) in [7, 11) is 0. The molecule has 2 heterocycles. The van der Waals surface area contributed by atoms with E-state index in [0.29, 0.717) is 30.9 Å². The predicted octanol–water partition coefficient (Wildman–Crippen LogP) is 1.66. The molecule has 0 aliphatic carbocycles. The molecule has 0 bridgehead atoms. The number of hydrogen-bond donors (Lipinski definition) is 1. The summed E-state index contributed by atoms with van der Waals surface area (Å²) in [6, 6.07) is 5.44. The van der Waals surface area contributed by atoms with Crippen LogP contribution >= 0.6 is 0 Å². The Morgan fingerprint density at radius 1 is 1.35 bits per heavy atom. The molecule has 1 aromatic carbocycles. The molecule has 0 atom stereocenters. The van der Waals surface area contributed by atoms with Gasteiger partial charge >= 0.3 is 0 Å². The lowest BCUT2D eigenvalue weighted by Crippen LogP contribution is -2.36. The lowest BCUT2D eigenvalue weighted by Gasteiger charge is -2.27. The predicted molar refractivity (Wildman–Crippen MR) is 86.3 cm³/mol. The Hall–Kier alpha value is -2.25. The zero-order valence-electron chi connectivity index (χ0n) is 12.7. The second-order valence-corrected chi connectivity index (χ2v) is 5.24. The zero-order chi connectivity index (χ0) is 16.1. The molecular formula is C16H19FN4O2. The Morgan fingerprint density at radius 3 is 2.91 bits per heavy atom. The number of nitrogens with zero attached hydrogens (tertiary/aromatic N) is 3. The van der Waals surface area contributed by atoms with Crippen LogP contribution in [0.4, 0.5) is 10.2 Å². The standard InChI is InChI=1S/C16H19FN4O2/c17-8-12(9-18)11-23-13-1-2-14-15(7-13)19-10-16(20-14)21-3-5-22-6-4-21/h1-2,7-8,10H,3-6,9,11,18H2/b12-8+. The van der Waals surface area contributed by atoms with Gasteiger partial charge in [0.05, 0.1) is 36.8 Å². The first-order valence-electron chi connectivity index (χ1n) is 7.50. The van der Waals surface area contributed by atoms with E-state index in [1.54, 1.807) is 18.3 Å². The summed E-state index contributed by atoms with van der Waals surface area (Å²) >= 11 is 0. The van der Waals surface area contributed by atoms with E-state index in [1.807, 2.05) is 6.07 Å². The molecule has 1 aliphatic heterocycles. The van der Waals surface area contributed by atoms with Gasteiger partial charge < -0.3 is 20.1 Å². The number of nitrogens with two attached hydrogens (primary N) is 1. The average molecular weight is 318 g/mol. The van der Waals surface area contributed by atoms with Crippen LogP contribution in [0, 0.1) is 0 Å². The van der Waals surface area contributed by atoms with Gasteiger partial charge in [0.1, 0.15) is 18.2 Å². The van der Waals surface area contributed by atoms with Crippen molar-refractivity contribution in [3.8, 4) is 5.75 Å². The summed E-state index contributed by atoms with van der Waals surface area (Å²) < 4.78 is 23.3. The van der Waals surface area contributed by atoms with Crippen molar-refractivity contribution in [2.45, 2.75) is 0 Å². The summed E-state index contributed by atoms with van der Waals surface area (Å²) in [5.74, 6) is 1.46. The van der Waals surface area contributed by atoms with E-state index < -0.39 is 0 Å². The molecular weight excluding hydrogens is 299 g/mol. The van der Waals surface area contributed by atoms with Gasteiger partial charge in [0, 0.05) is 31.3 Å². The summed E-state index contributed by atoms with van der Waals surface area (Å²) in [6.45, 7) is 3.30. The number of ether oxygens (including phenoxy) is 2. The first-order valence-corrected chi connectivity index (χ1v) is 7.50. The Bertz CT molecular complexity index is 702. The van der Waals surface area contributed by atoms with Crippen LogP contribution in [-0.4, -0.2) is 49.4 Å². The third-order valence-corrected chi connectivity index (χ3v) is 3.68. The summed E-state index contributed by atoms with van der Waals surface area (Å²) in [5.41, 5.74) is 7.33. The maximum Gasteiger partial charge on any atom is 0.148 e. The van der Waals surface area contributed by atoms with Gasteiger partial charge in [-0.15, -0.1) is 0 Å². The Kier molecular flexibility index (Phi) is 4.99. The number of rotatable bonds is 5. The molecule has 1 saturated heterocycles. The monoisotopic (exact) mass is 318 g/mol. The van der Waals surface area contributed by atoms with Gasteiger partial charge in [-0.05, 0) is 12.1 Å². The maximum absolute atomic E-state index is 12.5. The van der Waals surface area contributed by atoms with Crippen LogP contribution in [0.1, 0.15) is 0 Å². The first kappa shape index (κ1) is 15.6. The SMILES string of the molecule is NC/C(=C\F)COc1ccc2nc(N3CCOCC3)cnc2c1. The second-order valence-electron chi connectivity index (χ2n) is 5.24. The van der Waals surface area contributed by atoms with Gasteiger partial charge in [-0.2, -0.15) is 0 Å². The highest BCUT2D eigenvalue weighted by atomic mass is 19.1. The van der Waals surface area contributed by atoms with Crippen LogP contribution in [0.25, 0.3) is 11.0 Å².